The number of aromatic nitrogens is 16. The van der Waals surface area contributed by atoms with Crippen LogP contribution < -0.4 is 40.8 Å². The molecule has 8 aromatic rings. The molecule has 0 bridgehead atoms. The summed E-state index contributed by atoms with van der Waals surface area (Å²) in [5.41, 5.74) is 16.0. The van der Waals surface area contributed by atoms with Gasteiger partial charge in [0.1, 0.15) is 0 Å². The molecule has 0 spiro atoms. The van der Waals surface area contributed by atoms with E-state index in [1.165, 1.54) is 0 Å². The summed E-state index contributed by atoms with van der Waals surface area (Å²) < 4.78 is 0. The molecule has 8 heterocycles. The van der Waals surface area contributed by atoms with E-state index in [0.29, 0.717) is 0 Å². The van der Waals surface area contributed by atoms with E-state index < -0.39 is 0 Å². The molecular formula is C40H56Ag4N16Pt2. The van der Waals surface area contributed by atoms with Crippen LogP contribution in [-0.4, -0.2) is 40.8 Å². The monoisotopic (exact) mass is 1580 g/mol. The fraction of sp³-hybridized carbons (Fsp3) is 0.400. The SMILES string of the molecule is Cc1cc(C)[n-]n1.Cc1cc(C)[n-]n1.Cc1cc(C)[n-]n1.Cc1cc(C)[n-]n1.Cc1cc(C)[n-]n1.Cc1cc(C)[n-]n1.Cc1cc(C)[n-]n1.Cc1cc(C)[n-]n1.[Ag+].[Ag+].[Ag+].[Ag+].[Pt+2].[Pt+2]. The maximum Gasteiger partial charge on any atom is 2.00 e. The molecule has 0 fully saturated rings. The number of rotatable bonds is 0. The zero-order valence-electron chi connectivity index (χ0n) is 37.6. The summed E-state index contributed by atoms with van der Waals surface area (Å²) in [6.07, 6.45) is 0. The van der Waals surface area contributed by atoms with Crippen molar-refractivity contribution < 1.29 is 132 Å². The average molecular weight is 1580 g/mol. The Balaban J connectivity index is -0.000000143. The van der Waals surface area contributed by atoms with Gasteiger partial charge < -0.3 is 81.6 Å². The van der Waals surface area contributed by atoms with E-state index in [0.717, 1.165) is 91.1 Å². The van der Waals surface area contributed by atoms with Crippen LogP contribution in [0, 0.1) is 111 Å². The maximum absolute atomic E-state index is 3.77. The van der Waals surface area contributed by atoms with Crippen molar-refractivity contribution in [3.63, 3.8) is 0 Å². The minimum Gasteiger partial charge on any atom is -0.579 e. The first kappa shape index (κ1) is 71.6. The van der Waals surface area contributed by atoms with Crippen molar-refractivity contribution in [1.82, 2.24) is 81.6 Å². The van der Waals surface area contributed by atoms with Crippen LogP contribution in [0.15, 0.2) is 48.5 Å². The largest absolute Gasteiger partial charge is 2.00 e. The van der Waals surface area contributed by atoms with E-state index in [4.69, 9.17) is 0 Å². The van der Waals surface area contributed by atoms with Crippen molar-refractivity contribution >= 4 is 0 Å². The molecule has 0 aliphatic heterocycles. The van der Waals surface area contributed by atoms with Gasteiger partial charge in [0.05, 0.1) is 0 Å². The van der Waals surface area contributed by atoms with Crippen LogP contribution in [-0.2, 0) is 132 Å². The van der Waals surface area contributed by atoms with Crippen LogP contribution in [0.1, 0.15) is 91.1 Å². The van der Waals surface area contributed by atoms with Gasteiger partial charge in [-0.2, -0.15) is 0 Å². The molecule has 0 saturated carbocycles. The number of aryl methyl sites for hydroxylation is 16. The van der Waals surface area contributed by atoms with Crippen LogP contribution in [0.2, 0.25) is 0 Å². The van der Waals surface area contributed by atoms with Gasteiger partial charge in [-0.3, -0.25) is 0 Å². The van der Waals surface area contributed by atoms with Gasteiger partial charge >= 0.3 is 132 Å². The first-order valence-electron chi connectivity index (χ1n) is 17.8. The summed E-state index contributed by atoms with van der Waals surface area (Å²) in [6.45, 7) is 30.9. The second-order valence-electron chi connectivity index (χ2n) is 13.0. The van der Waals surface area contributed by atoms with E-state index in [1.807, 2.05) is 159 Å². The molecule has 0 unspecified atom stereocenters. The fourth-order valence-corrected chi connectivity index (χ4v) is 4.14. The molecule has 0 aliphatic rings. The molecule has 360 valence electrons. The summed E-state index contributed by atoms with van der Waals surface area (Å²) in [7, 11) is 0. The molecular weight excluding hydrogens is 1530 g/mol. The van der Waals surface area contributed by atoms with E-state index in [2.05, 4.69) is 81.6 Å². The Morgan fingerprint density at radius 3 is 0.306 bits per heavy atom. The smallest absolute Gasteiger partial charge is 0.579 e. The topological polar surface area (TPSA) is 216 Å². The fourth-order valence-electron chi connectivity index (χ4n) is 4.14. The molecule has 0 aliphatic carbocycles. The Kier molecular flexibility index (Phi) is 46.8. The molecule has 0 saturated heterocycles. The molecule has 8 aromatic heterocycles. The summed E-state index contributed by atoms with van der Waals surface area (Å²) >= 11 is 0. The van der Waals surface area contributed by atoms with Gasteiger partial charge in [-0.1, -0.05) is 104 Å². The first-order valence-corrected chi connectivity index (χ1v) is 17.8. The molecule has 0 amide bonds. The molecule has 8 rings (SSSR count). The Morgan fingerprint density at radius 2 is 0.290 bits per heavy atom. The minimum atomic E-state index is 0. The van der Waals surface area contributed by atoms with Crippen LogP contribution in [0.4, 0.5) is 0 Å². The van der Waals surface area contributed by atoms with Crippen molar-refractivity contribution in [2.45, 2.75) is 111 Å². The van der Waals surface area contributed by atoms with Crippen LogP contribution in [0.3, 0.4) is 0 Å². The Hall–Kier alpha value is -1.98. The number of nitrogens with zero attached hydrogens (tertiary/aromatic N) is 16. The van der Waals surface area contributed by atoms with Gasteiger partial charge in [0.15, 0.2) is 0 Å². The molecule has 16 nitrogen and oxygen atoms in total. The van der Waals surface area contributed by atoms with E-state index in [-0.39, 0.29) is 132 Å². The standard InChI is InChI=1S/8C5H7N2.4Ag.2Pt/c8*1-4-3-5(2)7-6-4;;;;;;/h8*3H,1-2H3;;;;;;/q8*-1;4*+1;2*+2. The van der Waals surface area contributed by atoms with Crippen LogP contribution >= 0.6 is 0 Å². The van der Waals surface area contributed by atoms with Crippen LogP contribution in [0.5, 0.6) is 0 Å². The zero-order valence-corrected chi connectivity index (χ0v) is 48.1. The predicted molar refractivity (Wildman–Crippen MR) is 216 cm³/mol. The first-order chi connectivity index (χ1) is 26.3. The summed E-state index contributed by atoms with van der Waals surface area (Å²) in [6, 6.07) is 15.6. The van der Waals surface area contributed by atoms with Crippen molar-refractivity contribution in [2.75, 3.05) is 0 Å². The molecule has 62 heavy (non-hydrogen) atoms. The number of hydrogen-bond acceptors (Lipinski definition) is 8. The zero-order chi connectivity index (χ0) is 42.2. The predicted octanol–water partition coefficient (Wildman–Crippen LogP) is 5.23. The summed E-state index contributed by atoms with van der Waals surface area (Å²) in [4.78, 5) is 0. The third kappa shape index (κ3) is 38.5. The van der Waals surface area contributed by atoms with Crippen LogP contribution in [0.25, 0.3) is 0 Å². The minimum absolute atomic E-state index is 0. The Morgan fingerprint density at radius 1 is 0.210 bits per heavy atom. The molecule has 0 aromatic carbocycles. The normalized spacial score (nSPS) is 8.52. The molecule has 0 atom stereocenters. The van der Waals surface area contributed by atoms with Gasteiger partial charge in [-0.15, -0.1) is 45.6 Å². The van der Waals surface area contributed by atoms with Gasteiger partial charge in [0.25, 0.3) is 0 Å². The number of hydrogen-bond donors (Lipinski definition) is 0. The van der Waals surface area contributed by atoms with Crippen molar-refractivity contribution in [3.05, 3.63) is 140 Å². The van der Waals surface area contributed by atoms with E-state index in [9.17, 15) is 0 Å². The Bertz CT molecular complexity index is 1600. The van der Waals surface area contributed by atoms with Crippen molar-refractivity contribution in [1.29, 1.82) is 0 Å². The third-order valence-electron chi connectivity index (χ3n) is 6.27. The second-order valence-corrected chi connectivity index (χ2v) is 13.0. The molecule has 22 heteroatoms. The van der Waals surface area contributed by atoms with Crippen molar-refractivity contribution in [2.24, 2.45) is 0 Å². The average Bonchev–Trinajstić information content (AvgIpc) is 4.00. The Labute approximate surface area is 458 Å². The maximum atomic E-state index is 3.77. The molecule has 0 radical (unpaired) electrons. The van der Waals surface area contributed by atoms with Gasteiger partial charge in [0, 0.05) is 45.6 Å². The second kappa shape index (κ2) is 40.5. The van der Waals surface area contributed by atoms with Gasteiger partial charge in [-0.05, 0) is 55.4 Å². The van der Waals surface area contributed by atoms with E-state index in [1.54, 1.807) is 0 Å². The summed E-state index contributed by atoms with van der Waals surface area (Å²) in [5, 5.41) is 60.3. The third-order valence-corrected chi connectivity index (χ3v) is 6.27. The van der Waals surface area contributed by atoms with Gasteiger partial charge in [0.2, 0.25) is 0 Å². The van der Waals surface area contributed by atoms with E-state index >= 15 is 0 Å². The molecule has 0 N–H and O–H groups in total. The quantitative estimate of drug-likeness (QED) is 0.178. The summed E-state index contributed by atoms with van der Waals surface area (Å²) in [5.74, 6) is 0. The van der Waals surface area contributed by atoms with Gasteiger partial charge in [-0.25, -0.2) is 0 Å². The van der Waals surface area contributed by atoms with Crippen molar-refractivity contribution in [3.8, 4) is 0 Å².